The fourth-order valence-electron chi connectivity index (χ4n) is 2.09. The van der Waals surface area contributed by atoms with E-state index in [9.17, 15) is 22.8 Å². The van der Waals surface area contributed by atoms with Crippen molar-refractivity contribution in [3.05, 3.63) is 11.8 Å². The van der Waals surface area contributed by atoms with Crippen molar-refractivity contribution in [1.82, 2.24) is 9.78 Å². The molecule has 1 amide bonds. The number of rotatable bonds is 2. The number of ketones is 1. The molecule has 0 spiro atoms. The van der Waals surface area contributed by atoms with Gasteiger partial charge < -0.3 is 5.32 Å². The van der Waals surface area contributed by atoms with E-state index in [0.29, 0.717) is 18.5 Å². The van der Waals surface area contributed by atoms with Gasteiger partial charge in [0.1, 0.15) is 11.6 Å². The SMILES string of the molecule is CC(C)(C)n1nc(C2CC(=O)C2)cc1NC(=O)C(F)(F)F. The highest BCUT2D eigenvalue weighted by molar-refractivity contribution is 5.94. The summed E-state index contributed by atoms with van der Waals surface area (Å²) in [6, 6.07) is 1.41. The molecule has 0 atom stereocenters. The van der Waals surface area contributed by atoms with Crippen LogP contribution in [-0.2, 0) is 15.1 Å². The minimum Gasteiger partial charge on any atom is -0.303 e. The molecule has 0 radical (unpaired) electrons. The van der Waals surface area contributed by atoms with Gasteiger partial charge in [-0.3, -0.25) is 9.59 Å². The third-order valence-electron chi connectivity index (χ3n) is 3.23. The number of amides is 1. The quantitative estimate of drug-likeness (QED) is 0.913. The number of Topliss-reactive ketones (excluding diaryl/α,β-unsaturated/α-hetero) is 1. The second-order valence-corrected chi connectivity index (χ2v) is 6.13. The minimum atomic E-state index is -4.96. The van der Waals surface area contributed by atoms with E-state index in [-0.39, 0.29) is 17.5 Å². The van der Waals surface area contributed by atoms with Crippen LogP contribution in [0, 0.1) is 0 Å². The number of alkyl halides is 3. The molecule has 1 aromatic rings. The summed E-state index contributed by atoms with van der Waals surface area (Å²) in [5.41, 5.74) is -0.0674. The number of hydrogen-bond donors (Lipinski definition) is 1. The first-order chi connectivity index (χ1) is 9.48. The van der Waals surface area contributed by atoms with Gasteiger partial charge in [-0.2, -0.15) is 18.3 Å². The first-order valence-electron chi connectivity index (χ1n) is 6.49. The molecule has 1 N–H and O–H groups in total. The van der Waals surface area contributed by atoms with Gasteiger partial charge in [-0.25, -0.2) is 4.68 Å². The van der Waals surface area contributed by atoms with Gasteiger partial charge in [0, 0.05) is 24.8 Å². The maximum atomic E-state index is 12.4. The summed E-state index contributed by atoms with van der Waals surface area (Å²) in [6.45, 7) is 5.29. The van der Waals surface area contributed by atoms with Gasteiger partial charge in [-0.15, -0.1) is 0 Å². The molecule has 0 aliphatic heterocycles. The molecule has 1 heterocycles. The van der Waals surface area contributed by atoms with Gasteiger partial charge in [-0.05, 0) is 20.8 Å². The molecule has 8 heteroatoms. The van der Waals surface area contributed by atoms with E-state index in [1.165, 1.54) is 10.7 Å². The summed E-state index contributed by atoms with van der Waals surface area (Å²) < 4.78 is 38.5. The highest BCUT2D eigenvalue weighted by Crippen LogP contribution is 2.35. The van der Waals surface area contributed by atoms with Crippen LogP contribution in [0.15, 0.2) is 6.07 Å². The van der Waals surface area contributed by atoms with Crippen LogP contribution < -0.4 is 5.32 Å². The van der Waals surface area contributed by atoms with E-state index < -0.39 is 17.6 Å². The number of nitrogens with one attached hydrogen (secondary N) is 1. The minimum absolute atomic E-state index is 0.0147. The Bertz CT molecular complexity index is 576. The lowest BCUT2D eigenvalue weighted by Crippen LogP contribution is -2.33. The van der Waals surface area contributed by atoms with E-state index in [4.69, 9.17) is 0 Å². The summed E-state index contributed by atoms with van der Waals surface area (Å²) in [5.74, 6) is -2.03. The number of hydrogen-bond acceptors (Lipinski definition) is 3. The summed E-state index contributed by atoms with van der Waals surface area (Å²) in [7, 11) is 0. The van der Waals surface area contributed by atoms with Crippen LogP contribution in [0.3, 0.4) is 0 Å². The lowest BCUT2D eigenvalue weighted by molar-refractivity contribution is -0.167. The van der Waals surface area contributed by atoms with Crippen LogP contribution in [0.5, 0.6) is 0 Å². The van der Waals surface area contributed by atoms with E-state index in [0.717, 1.165) is 0 Å². The van der Waals surface area contributed by atoms with Crippen molar-refractivity contribution < 1.29 is 22.8 Å². The summed E-state index contributed by atoms with van der Waals surface area (Å²) >= 11 is 0. The molecule has 1 saturated carbocycles. The number of carbonyl (C=O) groups excluding carboxylic acids is 2. The van der Waals surface area contributed by atoms with Crippen LogP contribution in [0.1, 0.15) is 45.2 Å². The van der Waals surface area contributed by atoms with E-state index in [1.807, 2.05) is 5.32 Å². The maximum Gasteiger partial charge on any atom is 0.471 e. The molecule has 116 valence electrons. The number of anilines is 1. The summed E-state index contributed by atoms with van der Waals surface area (Å²) in [5, 5.41) is 6.10. The number of carbonyl (C=O) groups is 2. The van der Waals surface area contributed by atoms with E-state index >= 15 is 0 Å². The fourth-order valence-corrected chi connectivity index (χ4v) is 2.09. The molecule has 0 saturated heterocycles. The third kappa shape index (κ3) is 3.25. The standard InChI is InChI=1S/C13H16F3N3O2/c1-12(2,3)19-10(17-11(21)13(14,15)16)6-9(18-19)7-4-8(20)5-7/h6-7H,4-5H2,1-3H3,(H,17,21). The molecule has 21 heavy (non-hydrogen) atoms. The molecule has 0 aromatic carbocycles. The van der Waals surface area contributed by atoms with Crippen LogP contribution in [0.2, 0.25) is 0 Å². The molecule has 1 aromatic heterocycles. The Kier molecular flexibility index (Phi) is 3.59. The molecule has 5 nitrogen and oxygen atoms in total. The first-order valence-corrected chi connectivity index (χ1v) is 6.49. The van der Waals surface area contributed by atoms with Crippen molar-refractivity contribution in [2.24, 2.45) is 0 Å². The highest BCUT2D eigenvalue weighted by Gasteiger charge is 2.40. The fraction of sp³-hybridized carbons (Fsp3) is 0.615. The maximum absolute atomic E-state index is 12.4. The molecule has 0 bridgehead atoms. The zero-order chi connectivity index (χ0) is 16.0. The van der Waals surface area contributed by atoms with Crippen molar-refractivity contribution in [2.45, 2.75) is 51.2 Å². The number of halogens is 3. The first kappa shape index (κ1) is 15.5. The molecular formula is C13H16F3N3O2. The van der Waals surface area contributed by atoms with Crippen LogP contribution in [-0.4, -0.2) is 27.6 Å². The lowest BCUT2D eigenvalue weighted by Gasteiger charge is -2.24. The van der Waals surface area contributed by atoms with Crippen LogP contribution in [0.4, 0.5) is 19.0 Å². The van der Waals surface area contributed by atoms with Crippen molar-refractivity contribution in [3.8, 4) is 0 Å². The summed E-state index contributed by atoms with van der Waals surface area (Å²) in [4.78, 5) is 22.1. The second kappa shape index (κ2) is 4.85. The number of aromatic nitrogens is 2. The van der Waals surface area contributed by atoms with Crippen LogP contribution >= 0.6 is 0 Å². The Morgan fingerprint density at radius 1 is 1.33 bits per heavy atom. The Morgan fingerprint density at radius 2 is 1.90 bits per heavy atom. The van der Waals surface area contributed by atoms with Crippen molar-refractivity contribution in [2.75, 3.05) is 5.32 Å². The Morgan fingerprint density at radius 3 is 2.33 bits per heavy atom. The second-order valence-electron chi connectivity index (χ2n) is 6.13. The van der Waals surface area contributed by atoms with Gasteiger partial charge in [-0.1, -0.05) is 0 Å². The average Bonchev–Trinajstić information content (AvgIpc) is 2.66. The lowest BCUT2D eigenvalue weighted by atomic mass is 9.82. The predicted molar refractivity (Wildman–Crippen MR) is 68.9 cm³/mol. The zero-order valence-electron chi connectivity index (χ0n) is 11.9. The smallest absolute Gasteiger partial charge is 0.303 e. The molecular weight excluding hydrogens is 287 g/mol. The molecule has 1 aliphatic rings. The van der Waals surface area contributed by atoms with E-state index in [1.54, 1.807) is 20.8 Å². The van der Waals surface area contributed by atoms with E-state index in [2.05, 4.69) is 5.10 Å². The Hall–Kier alpha value is -1.86. The normalized spacial score (nSPS) is 16.8. The van der Waals surface area contributed by atoms with Gasteiger partial charge in [0.2, 0.25) is 0 Å². The van der Waals surface area contributed by atoms with Crippen molar-refractivity contribution in [3.63, 3.8) is 0 Å². The van der Waals surface area contributed by atoms with Gasteiger partial charge in [0.15, 0.2) is 0 Å². The van der Waals surface area contributed by atoms with Gasteiger partial charge in [0.25, 0.3) is 0 Å². The van der Waals surface area contributed by atoms with Gasteiger partial charge in [0.05, 0.1) is 11.2 Å². The topological polar surface area (TPSA) is 64.0 Å². The third-order valence-corrected chi connectivity index (χ3v) is 3.23. The van der Waals surface area contributed by atoms with Crippen molar-refractivity contribution in [1.29, 1.82) is 0 Å². The summed E-state index contributed by atoms with van der Waals surface area (Å²) in [6.07, 6.45) is -4.28. The van der Waals surface area contributed by atoms with Gasteiger partial charge >= 0.3 is 12.1 Å². The van der Waals surface area contributed by atoms with Crippen LogP contribution in [0.25, 0.3) is 0 Å². The number of nitrogens with zero attached hydrogens (tertiary/aromatic N) is 2. The Labute approximate surface area is 119 Å². The largest absolute Gasteiger partial charge is 0.471 e. The monoisotopic (exact) mass is 303 g/mol. The molecule has 1 aliphatic carbocycles. The predicted octanol–water partition coefficient (Wildman–Crippen LogP) is 2.59. The zero-order valence-corrected chi connectivity index (χ0v) is 11.9. The Balaban J connectivity index is 2.30. The molecule has 0 unspecified atom stereocenters. The highest BCUT2D eigenvalue weighted by atomic mass is 19.4. The molecule has 2 rings (SSSR count). The average molecular weight is 303 g/mol. The molecule has 1 fully saturated rings. The van der Waals surface area contributed by atoms with Crippen molar-refractivity contribution >= 4 is 17.5 Å².